The summed E-state index contributed by atoms with van der Waals surface area (Å²) in [6.07, 6.45) is -2.50. The lowest BCUT2D eigenvalue weighted by Crippen LogP contribution is -1.95. The van der Waals surface area contributed by atoms with Crippen molar-refractivity contribution in [3.8, 4) is 0 Å². The van der Waals surface area contributed by atoms with Crippen LogP contribution < -0.4 is 0 Å². The molecule has 5 heteroatoms. The van der Waals surface area contributed by atoms with Crippen LogP contribution in [0.2, 0.25) is 0 Å². The molecule has 1 aromatic rings. The van der Waals surface area contributed by atoms with Gasteiger partial charge in [0.2, 0.25) is 0 Å². The topological polar surface area (TPSA) is 12.9 Å². The van der Waals surface area contributed by atoms with E-state index in [-0.39, 0.29) is 5.69 Å². The molecular formula is C7H5BrF2IN. The molecule has 0 saturated heterocycles. The Morgan fingerprint density at radius 2 is 2.17 bits per heavy atom. The van der Waals surface area contributed by atoms with Crippen LogP contribution in [-0.4, -0.2) is 4.98 Å². The van der Waals surface area contributed by atoms with Gasteiger partial charge in [0.1, 0.15) is 10.3 Å². The molecule has 0 saturated carbocycles. The van der Waals surface area contributed by atoms with Crippen molar-refractivity contribution in [2.45, 2.75) is 13.3 Å². The van der Waals surface area contributed by atoms with Gasteiger partial charge < -0.3 is 0 Å². The number of pyridine rings is 1. The van der Waals surface area contributed by atoms with E-state index >= 15 is 0 Å². The fourth-order valence-corrected chi connectivity index (χ4v) is 2.04. The fourth-order valence-electron chi connectivity index (χ4n) is 0.678. The van der Waals surface area contributed by atoms with Crippen LogP contribution >= 0.6 is 38.5 Å². The van der Waals surface area contributed by atoms with Crippen LogP contribution in [0.5, 0.6) is 0 Å². The first-order chi connectivity index (χ1) is 5.52. The lowest BCUT2D eigenvalue weighted by atomic mass is 10.3. The molecule has 1 heterocycles. The van der Waals surface area contributed by atoms with E-state index in [1.807, 2.05) is 29.5 Å². The van der Waals surface area contributed by atoms with E-state index in [1.165, 1.54) is 6.07 Å². The number of aromatic nitrogens is 1. The van der Waals surface area contributed by atoms with E-state index in [1.54, 1.807) is 0 Å². The molecule has 12 heavy (non-hydrogen) atoms. The molecule has 0 aliphatic rings. The van der Waals surface area contributed by atoms with E-state index in [0.29, 0.717) is 4.60 Å². The lowest BCUT2D eigenvalue weighted by molar-refractivity contribution is 0.146. The molecule has 66 valence electrons. The van der Waals surface area contributed by atoms with Crippen LogP contribution in [0.25, 0.3) is 0 Å². The van der Waals surface area contributed by atoms with Crippen molar-refractivity contribution >= 4 is 38.5 Å². The Hall–Kier alpha value is 0.220. The summed E-state index contributed by atoms with van der Waals surface area (Å²) in [5, 5.41) is 0. The molecule has 0 aliphatic carbocycles. The van der Waals surface area contributed by atoms with E-state index in [4.69, 9.17) is 0 Å². The van der Waals surface area contributed by atoms with Crippen molar-refractivity contribution < 1.29 is 8.78 Å². The van der Waals surface area contributed by atoms with E-state index in [2.05, 4.69) is 20.9 Å². The van der Waals surface area contributed by atoms with Crippen molar-refractivity contribution in [1.29, 1.82) is 0 Å². The van der Waals surface area contributed by atoms with Crippen LogP contribution in [0.1, 0.15) is 17.7 Å². The summed E-state index contributed by atoms with van der Waals surface area (Å²) in [6.45, 7) is 1.83. The Labute approximate surface area is 90.8 Å². The highest BCUT2D eigenvalue weighted by Gasteiger charge is 2.12. The van der Waals surface area contributed by atoms with Gasteiger partial charge in [-0.1, -0.05) is 0 Å². The summed E-state index contributed by atoms with van der Waals surface area (Å²) in [5.74, 6) is 0. The first kappa shape index (κ1) is 10.3. The molecule has 0 N–H and O–H groups in total. The Balaban J connectivity index is 3.21. The molecular weight excluding hydrogens is 343 g/mol. The maximum atomic E-state index is 12.2. The molecule has 0 amide bonds. The standard InChI is InChI=1S/C7H5BrF2IN/c1-3-4(11)2-5(7(9)10)12-6(3)8/h2,7H,1H3. The third kappa shape index (κ3) is 2.12. The minimum Gasteiger partial charge on any atom is -0.240 e. The number of hydrogen-bond acceptors (Lipinski definition) is 1. The lowest BCUT2D eigenvalue weighted by Gasteiger charge is -2.04. The summed E-state index contributed by atoms with van der Waals surface area (Å²) >= 11 is 5.12. The first-order valence-corrected chi connectivity index (χ1v) is 5.00. The summed E-state index contributed by atoms with van der Waals surface area (Å²) in [7, 11) is 0. The second-order valence-corrected chi connectivity index (χ2v) is 4.16. The van der Waals surface area contributed by atoms with Gasteiger partial charge in [0.05, 0.1) is 0 Å². The van der Waals surface area contributed by atoms with Crippen molar-refractivity contribution in [2.75, 3.05) is 0 Å². The highest BCUT2D eigenvalue weighted by atomic mass is 127. The largest absolute Gasteiger partial charge is 0.280 e. The van der Waals surface area contributed by atoms with Crippen LogP contribution in [0, 0.1) is 10.5 Å². The van der Waals surface area contributed by atoms with Gasteiger partial charge in [-0.3, -0.25) is 0 Å². The van der Waals surface area contributed by atoms with Gasteiger partial charge in [-0.25, -0.2) is 13.8 Å². The van der Waals surface area contributed by atoms with Crippen LogP contribution in [0.3, 0.4) is 0 Å². The highest BCUT2D eigenvalue weighted by molar-refractivity contribution is 14.1. The van der Waals surface area contributed by atoms with Gasteiger partial charge in [0, 0.05) is 3.57 Å². The zero-order valence-electron chi connectivity index (χ0n) is 6.11. The number of nitrogens with zero attached hydrogens (tertiary/aromatic N) is 1. The number of rotatable bonds is 1. The maximum Gasteiger partial charge on any atom is 0.280 e. The minimum atomic E-state index is -2.50. The minimum absolute atomic E-state index is 0.183. The Morgan fingerprint density at radius 1 is 1.58 bits per heavy atom. The van der Waals surface area contributed by atoms with Gasteiger partial charge in [-0.2, -0.15) is 0 Å². The monoisotopic (exact) mass is 347 g/mol. The maximum absolute atomic E-state index is 12.2. The molecule has 0 aliphatic heterocycles. The number of halogens is 4. The van der Waals surface area contributed by atoms with Gasteiger partial charge in [0.15, 0.2) is 0 Å². The molecule has 0 spiro atoms. The summed E-state index contributed by atoms with van der Waals surface area (Å²) in [5.41, 5.74) is 0.705. The molecule has 1 nitrogen and oxygen atoms in total. The zero-order valence-corrected chi connectivity index (χ0v) is 9.86. The van der Waals surface area contributed by atoms with Gasteiger partial charge in [-0.05, 0) is 57.1 Å². The van der Waals surface area contributed by atoms with E-state index < -0.39 is 6.43 Å². The Kier molecular flexibility index (Phi) is 3.39. The summed E-state index contributed by atoms with van der Waals surface area (Å²) in [4.78, 5) is 3.69. The molecule has 0 atom stereocenters. The zero-order chi connectivity index (χ0) is 9.30. The SMILES string of the molecule is Cc1c(I)cc(C(F)F)nc1Br. The van der Waals surface area contributed by atoms with Crippen molar-refractivity contribution in [3.05, 3.63) is 25.5 Å². The number of hydrogen-bond donors (Lipinski definition) is 0. The Morgan fingerprint density at radius 3 is 2.58 bits per heavy atom. The second kappa shape index (κ2) is 3.95. The fraction of sp³-hybridized carbons (Fsp3) is 0.286. The smallest absolute Gasteiger partial charge is 0.240 e. The average molecular weight is 348 g/mol. The van der Waals surface area contributed by atoms with E-state index in [9.17, 15) is 8.78 Å². The summed E-state index contributed by atoms with van der Waals surface area (Å²) in [6, 6.07) is 1.39. The molecule has 1 aromatic heterocycles. The van der Waals surface area contributed by atoms with Crippen LogP contribution in [0.4, 0.5) is 8.78 Å². The average Bonchev–Trinajstić information content (AvgIpc) is 1.99. The molecule has 0 bridgehead atoms. The third-order valence-corrected chi connectivity index (χ3v) is 3.29. The van der Waals surface area contributed by atoms with Gasteiger partial charge in [0.25, 0.3) is 6.43 Å². The summed E-state index contributed by atoms with van der Waals surface area (Å²) < 4.78 is 25.6. The Bertz CT molecular complexity index is 280. The predicted molar refractivity (Wildman–Crippen MR) is 54.3 cm³/mol. The molecule has 0 aromatic carbocycles. The van der Waals surface area contributed by atoms with Crippen LogP contribution in [-0.2, 0) is 0 Å². The van der Waals surface area contributed by atoms with E-state index in [0.717, 1.165) is 9.13 Å². The van der Waals surface area contributed by atoms with Crippen LogP contribution in [0.15, 0.2) is 10.7 Å². The third-order valence-electron chi connectivity index (χ3n) is 1.39. The van der Waals surface area contributed by atoms with Crippen molar-refractivity contribution in [1.82, 2.24) is 4.98 Å². The quantitative estimate of drug-likeness (QED) is 0.557. The van der Waals surface area contributed by atoms with Gasteiger partial charge in [-0.15, -0.1) is 0 Å². The highest BCUT2D eigenvalue weighted by Crippen LogP contribution is 2.25. The molecule has 0 unspecified atom stereocenters. The molecule has 1 rings (SSSR count). The normalized spacial score (nSPS) is 10.8. The van der Waals surface area contributed by atoms with Gasteiger partial charge >= 0.3 is 0 Å². The van der Waals surface area contributed by atoms with Crippen molar-refractivity contribution in [3.63, 3.8) is 0 Å². The predicted octanol–water partition coefficient (Wildman–Crippen LogP) is 3.69. The number of alkyl halides is 2. The van der Waals surface area contributed by atoms with Crippen molar-refractivity contribution in [2.24, 2.45) is 0 Å². The molecule has 0 radical (unpaired) electrons. The first-order valence-electron chi connectivity index (χ1n) is 3.13. The molecule has 0 fully saturated rings. The second-order valence-electron chi connectivity index (χ2n) is 2.25.